The molecule has 0 bridgehead atoms. The molecule has 0 spiro atoms. The number of nitrogens with one attached hydrogen (secondary N) is 2. The zero-order valence-corrected chi connectivity index (χ0v) is 11.2. The van der Waals surface area contributed by atoms with Gasteiger partial charge in [0.1, 0.15) is 11.8 Å². The Morgan fingerprint density at radius 2 is 2.37 bits per heavy atom. The monoisotopic (exact) mass is 279 g/mol. The third-order valence-electron chi connectivity index (χ3n) is 3.27. The molecular formula is C11H13N5O2S. The van der Waals surface area contributed by atoms with E-state index in [0.29, 0.717) is 34.8 Å². The van der Waals surface area contributed by atoms with Crippen LogP contribution in [-0.4, -0.2) is 39.1 Å². The van der Waals surface area contributed by atoms with Crippen LogP contribution in [0, 0.1) is 4.77 Å². The number of piperidine rings is 1. The van der Waals surface area contributed by atoms with E-state index in [0.717, 1.165) is 6.42 Å². The number of ether oxygens (including phenoxy) is 1. The maximum atomic E-state index is 11.2. The van der Waals surface area contributed by atoms with E-state index < -0.39 is 0 Å². The van der Waals surface area contributed by atoms with Gasteiger partial charge < -0.3 is 15.0 Å². The zero-order chi connectivity index (χ0) is 13.4. The molecule has 2 aromatic heterocycles. The van der Waals surface area contributed by atoms with Crippen molar-refractivity contribution in [2.45, 2.75) is 18.9 Å². The highest BCUT2D eigenvalue weighted by atomic mass is 32.1. The van der Waals surface area contributed by atoms with Crippen LogP contribution >= 0.6 is 12.2 Å². The second-order valence-electron chi connectivity index (χ2n) is 4.38. The van der Waals surface area contributed by atoms with Gasteiger partial charge in [-0.25, -0.2) is 4.98 Å². The molecule has 100 valence electrons. The van der Waals surface area contributed by atoms with Crippen molar-refractivity contribution in [3.63, 3.8) is 0 Å². The van der Waals surface area contributed by atoms with Crippen molar-refractivity contribution in [3.8, 4) is 5.88 Å². The average Bonchev–Trinajstić information content (AvgIpc) is 2.76. The van der Waals surface area contributed by atoms with Gasteiger partial charge in [-0.3, -0.25) is 9.36 Å². The molecule has 1 aliphatic heterocycles. The van der Waals surface area contributed by atoms with E-state index in [4.69, 9.17) is 17.0 Å². The van der Waals surface area contributed by atoms with E-state index in [-0.39, 0.29) is 11.9 Å². The molecule has 0 radical (unpaired) electrons. The third kappa shape index (κ3) is 1.97. The lowest BCUT2D eigenvalue weighted by molar-refractivity contribution is -0.122. The normalized spacial score (nSPS) is 19.4. The van der Waals surface area contributed by atoms with Crippen molar-refractivity contribution in [1.82, 2.24) is 24.8 Å². The fourth-order valence-electron chi connectivity index (χ4n) is 2.35. The summed E-state index contributed by atoms with van der Waals surface area (Å²) >= 11 is 5.34. The molecule has 8 heteroatoms. The third-order valence-corrected chi connectivity index (χ3v) is 3.57. The van der Waals surface area contributed by atoms with Crippen LogP contribution in [0.25, 0.3) is 11.2 Å². The van der Waals surface area contributed by atoms with Crippen LogP contribution in [0.1, 0.15) is 18.9 Å². The molecule has 1 saturated heterocycles. The Morgan fingerprint density at radius 3 is 3.05 bits per heavy atom. The summed E-state index contributed by atoms with van der Waals surface area (Å²) in [6.45, 7) is 0.562. The molecule has 2 aromatic rings. The lowest BCUT2D eigenvalue weighted by atomic mass is 10.1. The van der Waals surface area contributed by atoms with Crippen LogP contribution in [0.15, 0.2) is 6.33 Å². The number of aromatic nitrogens is 4. The van der Waals surface area contributed by atoms with E-state index in [9.17, 15) is 4.79 Å². The molecule has 1 fully saturated rings. The number of imidazole rings is 1. The summed E-state index contributed by atoms with van der Waals surface area (Å²) in [7, 11) is 1.55. The standard InChI is InChI=1S/C11H13N5O2S/c1-18-10-8-9(13-5-14-10)16(11(19)15-8)6-2-3-7(17)12-4-6/h5-6H,2-4H2,1H3,(H,12,17)(H,15,19). The maximum Gasteiger partial charge on any atom is 0.242 e. The Kier molecular flexibility index (Phi) is 2.94. The number of carbonyl (C=O) groups excluding carboxylic acids is 1. The molecule has 1 atom stereocenters. The van der Waals surface area contributed by atoms with E-state index >= 15 is 0 Å². The molecular weight excluding hydrogens is 266 g/mol. The Balaban J connectivity index is 2.11. The Morgan fingerprint density at radius 1 is 1.53 bits per heavy atom. The van der Waals surface area contributed by atoms with Crippen molar-refractivity contribution >= 4 is 29.3 Å². The highest BCUT2D eigenvalue weighted by Crippen LogP contribution is 2.26. The SMILES string of the molecule is COc1ncnc2c1[nH]c(=S)n2C1CCC(=O)NC1. The van der Waals surface area contributed by atoms with Crippen LogP contribution in [0.2, 0.25) is 0 Å². The number of hydrogen-bond donors (Lipinski definition) is 2. The maximum absolute atomic E-state index is 11.2. The Bertz CT molecular complexity index is 682. The number of amides is 1. The topological polar surface area (TPSA) is 84.8 Å². The minimum Gasteiger partial charge on any atom is -0.479 e. The predicted octanol–water partition coefficient (Wildman–Crippen LogP) is 0.949. The number of methoxy groups -OCH3 is 1. The highest BCUT2D eigenvalue weighted by Gasteiger charge is 2.23. The summed E-state index contributed by atoms with van der Waals surface area (Å²) in [6, 6.07) is 0.110. The van der Waals surface area contributed by atoms with Gasteiger partial charge in [0.05, 0.1) is 13.2 Å². The van der Waals surface area contributed by atoms with Gasteiger partial charge in [-0.15, -0.1) is 0 Å². The number of aromatic amines is 1. The molecule has 1 unspecified atom stereocenters. The number of fused-ring (bicyclic) bond motifs is 1. The molecule has 0 aliphatic carbocycles. The van der Waals surface area contributed by atoms with Gasteiger partial charge in [0.25, 0.3) is 0 Å². The first-order chi connectivity index (χ1) is 9.20. The van der Waals surface area contributed by atoms with E-state index in [1.165, 1.54) is 6.33 Å². The lowest BCUT2D eigenvalue weighted by Gasteiger charge is -2.23. The number of rotatable bonds is 2. The van der Waals surface area contributed by atoms with Crippen LogP contribution in [-0.2, 0) is 4.79 Å². The first-order valence-electron chi connectivity index (χ1n) is 5.96. The summed E-state index contributed by atoms with van der Waals surface area (Å²) in [5.74, 6) is 0.546. The van der Waals surface area contributed by atoms with Crippen molar-refractivity contribution < 1.29 is 9.53 Å². The lowest BCUT2D eigenvalue weighted by Crippen LogP contribution is -2.36. The average molecular weight is 279 g/mol. The molecule has 1 aliphatic rings. The molecule has 1 amide bonds. The quantitative estimate of drug-likeness (QED) is 0.799. The van der Waals surface area contributed by atoms with Crippen molar-refractivity contribution in [3.05, 3.63) is 11.1 Å². The van der Waals surface area contributed by atoms with Crippen LogP contribution < -0.4 is 10.1 Å². The van der Waals surface area contributed by atoms with Gasteiger partial charge in [0.2, 0.25) is 11.8 Å². The van der Waals surface area contributed by atoms with E-state index in [2.05, 4.69) is 20.3 Å². The second kappa shape index (κ2) is 4.61. The highest BCUT2D eigenvalue weighted by molar-refractivity contribution is 7.71. The molecule has 3 heterocycles. The molecule has 7 nitrogen and oxygen atoms in total. The van der Waals surface area contributed by atoms with Gasteiger partial charge in [0.15, 0.2) is 10.4 Å². The molecule has 0 saturated carbocycles. The molecule has 2 N–H and O–H groups in total. The number of hydrogen-bond acceptors (Lipinski definition) is 5. The molecule has 0 aromatic carbocycles. The number of nitrogens with zero attached hydrogens (tertiary/aromatic N) is 3. The smallest absolute Gasteiger partial charge is 0.242 e. The summed E-state index contributed by atoms with van der Waals surface area (Å²) in [6.07, 6.45) is 2.70. The van der Waals surface area contributed by atoms with Gasteiger partial charge in [-0.2, -0.15) is 4.98 Å². The summed E-state index contributed by atoms with van der Waals surface area (Å²) in [5, 5.41) is 2.85. The van der Waals surface area contributed by atoms with E-state index in [1.807, 2.05) is 4.57 Å². The van der Waals surface area contributed by atoms with Crippen LogP contribution in [0.3, 0.4) is 0 Å². The second-order valence-corrected chi connectivity index (χ2v) is 4.76. The van der Waals surface area contributed by atoms with Gasteiger partial charge in [0, 0.05) is 13.0 Å². The Labute approximate surface area is 114 Å². The zero-order valence-electron chi connectivity index (χ0n) is 10.3. The largest absolute Gasteiger partial charge is 0.479 e. The van der Waals surface area contributed by atoms with Crippen LogP contribution in [0.5, 0.6) is 5.88 Å². The van der Waals surface area contributed by atoms with Crippen molar-refractivity contribution in [2.24, 2.45) is 0 Å². The summed E-state index contributed by atoms with van der Waals surface area (Å²) < 4.78 is 7.68. The number of carbonyl (C=O) groups is 1. The first kappa shape index (κ1) is 12.1. The predicted molar refractivity (Wildman–Crippen MR) is 70.5 cm³/mol. The van der Waals surface area contributed by atoms with Gasteiger partial charge >= 0.3 is 0 Å². The minimum atomic E-state index is 0.0785. The minimum absolute atomic E-state index is 0.0785. The fraction of sp³-hybridized carbons (Fsp3) is 0.455. The summed E-state index contributed by atoms with van der Waals surface area (Å²) in [5.41, 5.74) is 1.39. The van der Waals surface area contributed by atoms with E-state index in [1.54, 1.807) is 7.11 Å². The Hall–Kier alpha value is -1.96. The fourth-order valence-corrected chi connectivity index (χ4v) is 2.69. The molecule has 3 rings (SSSR count). The molecule has 19 heavy (non-hydrogen) atoms. The summed E-state index contributed by atoms with van der Waals surface area (Å²) in [4.78, 5) is 22.6. The van der Waals surface area contributed by atoms with Gasteiger partial charge in [-0.1, -0.05) is 0 Å². The first-order valence-corrected chi connectivity index (χ1v) is 6.37. The number of H-pyrrole nitrogens is 1. The van der Waals surface area contributed by atoms with Crippen LogP contribution in [0.4, 0.5) is 0 Å². The van der Waals surface area contributed by atoms with Crippen molar-refractivity contribution in [1.29, 1.82) is 0 Å². The van der Waals surface area contributed by atoms with Gasteiger partial charge in [-0.05, 0) is 18.6 Å². The van der Waals surface area contributed by atoms with Crippen molar-refractivity contribution in [2.75, 3.05) is 13.7 Å².